The third kappa shape index (κ3) is 3.28. The molecule has 0 saturated heterocycles. The fraction of sp³-hybridized carbons (Fsp3) is 0.562. The minimum Gasteiger partial charge on any atom is -0.465 e. The molecule has 1 aliphatic rings. The molecule has 0 amide bonds. The third-order valence-electron chi connectivity index (χ3n) is 4.14. The number of hydrogen-bond donors (Lipinski definition) is 1. The molecule has 0 spiro atoms. The Morgan fingerprint density at radius 3 is 2.84 bits per heavy atom. The van der Waals surface area contributed by atoms with Crippen molar-refractivity contribution in [3.05, 3.63) is 29.3 Å². The highest BCUT2D eigenvalue weighted by molar-refractivity contribution is 5.90. The van der Waals surface area contributed by atoms with Gasteiger partial charge in [0.05, 0.1) is 12.7 Å². The zero-order valence-corrected chi connectivity index (χ0v) is 12.0. The van der Waals surface area contributed by atoms with Crippen LogP contribution in [-0.4, -0.2) is 19.1 Å². The molecule has 1 aliphatic carbocycles. The number of benzene rings is 1. The standard InChI is InChI=1S/C16H23NO2/c1-4-12-6-8-14(9-12)17-15-10-13(16(18)19-3)7-5-11(15)2/h5,7,10,12,14,17H,4,6,8-9H2,1-3H3. The van der Waals surface area contributed by atoms with Crippen LogP contribution < -0.4 is 5.32 Å². The summed E-state index contributed by atoms with van der Waals surface area (Å²) in [6, 6.07) is 6.23. The Hall–Kier alpha value is -1.51. The number of esters is 1. The van der Waals surface area contributed by atoms with Gasteiger partial charge in [-0.3, -0.25) is 0 Å². The van der Waals surface area contributed by atoms with Gasteiger partial charge in [-0.2, -0.15) is 0 Å². The van der Waals surface area contributed by atoms with Crippen LogP contribution >= 0.6 is 0 Å². The van der Waals surface area contributed by atoms with Gasteiger partial charge in [-0.1, -0.05) is 19.4 Å². The maximum absolute atomic E-state index is 11.6. The minimum atomic E-state index is -0.277. The van der Waals surface area contributed by atoms with Crippen LogP contribution in [0.2, 0.25) is 0 Å². The summed E-state index contributed by atoms with van der Waals surface area (Å²) < 4.78 is 4.77. The van der Waals surface area contributed by atoms with E-state index in [1.807, 2.05) is 18.2 Å². The first kappa shape index (κ1) is 13.9. The summed E-state index contributed by atoms with van der Waals surface area (Å²) in [6.07, 6.45) is 5.03. The van der Waals surface area contributed by atoms with Crippen LogP contribution in [0.5, 0.6) is 0 Å². The van der Waals surface area contributed by atoms with Crippen molar-refractivity contribution in [1.29, 1.82) is 0 Å². The van der Waals surface area contributed by atoms with Crippen LogP contribution in [0.1, 0.15) is 48.5 Å². The topological polar surface area (TPSA) is 38.3 Å². The molecule has 0 aliphatic heterocycles. The van der Waals surface area contributed by atoms with Crippen molar-refractivity contribution < 1.29 is 9.53 Å². The van der Waals surface area contributed by atoms with Crippen LogP contribution in [0.4, 0.5) is 5.69 Å². The Morgan fingerprint density at radius 1 is 1.42 bits per heavy atom. The van der Waals surface area contributed by atoms with Crippen LogP contribution in [-0.2, 0) is 4.74 Å². The van der Waals surface area contributed by atoms with Crippen LogP contribution in [0, 0.1) is 12.8 Å². The molecule has 1 aromatic rings. The monoisotopic (exact) mass is 261 g/mol. The van der Waals surface area contributed by atoms with Gasteiger partial charge in [0.15, 0.2) is 0 Å². The molecule has 2 unspecified atom stereocenters. The lowest BCUT2D eigenvalue weighted by atomic mass is 10.0. The molecule has 2 atom stereocenters. The summed E-state index contributed by atoms with van der Waals surface area (Å²) in [5.41, 5.74) is 2.85. The van der Waals surface area contributed by atoms with E-state index in [1.54, 1.807) is 0 Å². The maximum atomic E-state index is 11.6. The highest BCUT2D eigenvalue weighted by Crippen LogP contribution is 2.31. The average molecular weight is 261 g/mol. The number of anilines is 1. The van der Waals surface area contributed by atoms with E-state index in [2.05, 4.69) is 19.2 Å². The highest BCUT2D eigenvalue weighted by atomic mass is 16.5. The fourth-order valence-electron chi connectivity index (χ4n) is 2.82. The van der Waals surface area contributed by atoms with Gasteiger partial charge >= 0.3 is 5.97 Å². The second kappa shape index (κ2) is 6.09. The Balaban J connectivity index is 2.09. The van der Waals surface area contributed by atoms with Gasteiger partial charge < -0.3 is 10.1 Å². The Bertz CT molecular complexity index is 456. The fourth-order valence-corrected chi connectivity index (χ4v) is 2.82. The molecule has 1 N–H and O–H groups in total. The van der Waals surface area contributed by atoms with E-state index < -0.39 is 0 Å². The van der Waals surface area contributed by atoms with Gasteiger partial charge in [-0.25, -0.2) is 4.79 Å². The molecule has 1 saturated carbocycles. The minimum absolute atomic E-state index is 0.277. The molecule has 0 heterocycles. The first-order valence-corrected chi connectivity index (χ1v) is 7.09. The quantitative estimate of drug-likeness (QED) is 0.838. The van der Waals surface area contributed by atoms with Crippen molar-refractivity contribution in [2.45, 2.75) is 45.6 Å². The summed E-state index contributed by atoms with van der Waals surface area (Å²) in [5, 5.41) is 3.59. The smallest absolute Gasteiger partial charge is 0.337 e. The number of hydrogen-bond acceptors (Lipinski definition) is 3. The Morgan fingerprint density at radius 2 is 2.21 bits per heavy atom. The SMILES string of the molecule is CCC1CCC(Nc2cc(C(=O)OC)ccc2C)C1. The van der Waals surface area contributed by atoms with Gasteiger partial charge in [0.2, 0.25) is 0 Å². The maximum Gasteiger partial charge on any atom is 0.337 e. The average Bonchev–Trinajstić information content (AvgIpc) is 2.88. The summed E-state index contributed by atoms with van der Waals surface area (Å²) in [7, 11) is 1.41. The molecule has 104 valence electrons. The zero-order valence-electron chi connectivity index (χ0n) is 12.0. The number of rotatable bonds is 4. The third-order valence-corrected chi connectivity index (χ3v) is 4.14. The molecule has 19 heavy (non-hydrogen) atoms. The Labute approximate surface area is 115 Å². The number of carbonyl (C=O) groups excluding carboxylic acids is 1. The van der Waals surface area contributed by atoms with Gasteiger partial charge in [-0.05, 0) is 49.8 Å². The molecule has 3 heteroatoms. The largest absolute Gasteiger partial charge is 0.465 e. The summed E-state index contributed by atoms with van der Waals surface area (Å²) in [4.78, 5) is 11.6. The number of aryl methyl sites for hydroxylation is 1. The number of nitrogens with one attached hydrogen (secondary N) is 1. The lowest BCUT2D eigenvalue weighted by molar-refractivity contribution is 0.0601. The number of methoxy groups -OCH3 is 1. The molecule has 0 bridgehead atoms. The van der Waals surface area contributed by atoms with E-state index in [1.165, 1.54) is 38.4 Å². The van der Waals surface area contributed by atoms with E-state index in [0.29, 0.717) is 11.6 Å². The van der Waals surface area contributed by atoms with E-state index in [0.717, 1.165) is 11.6 Å². The van der Waals surface area contributed by atoms with Crippen molar-refractivity contribution in [3.8, 4) is 0 Å². The van der Waals surface area contributed by atoms with Crippen molar-refractivity contribution in [3.63, 3.8) is 0 Å². The number of carbonyl (C=O) groups is 1. The van der Waals surface area contributed by atoms with Crippen LogP contribution in [0.15, 0.2) is 18.2 Å². The highest BCUT2D eigenvalue weighted by Gasteiger charge is 2.23. The first-order valence-electron chi connectivity index (χ1n) is 7.09. The predicted molar refractivity (Wildman–Crippen MR) is 77.6 cm³/mol. The lowest BCUT2D eigenvalue weighted by Gasteiger charge is -2.17. The van der Waals surface area contributed by atoms with Gasteiger partial charge in [0.1, 0.15) is 0 Å². The zero-order chi connectivity index (χ0) is 13.8. The molecule has 0 aromatic heterocycles. The summed E-state index contributed by atoms with van der Waals surface area (Å²) >= 11 is 0. The van der Waals surface area contributed by atoms with Crippen molar-refractivity contribution in [2.75, 3.05) is 12.4 Å². The van der Waals surface area contributed by atoms with Crippen LogP contribution in [0.3, 0.4) is 0 Å². The van der Waals surface area contributed by atoms with E-state index in [4.69, 9.17) is 4.74 Å². The second-order valence-electron chi connectivity index (χ2n) is 5.45. The first-order chi connectivity index (χ1) is 9.13. The molecule has 1 fully saturated rings. The van der Waals surface area contributed by atoms with E-state index >= 15 is 0 Å². The van der Waals surface area contributed by atoms with Crippen molar-refractivity contribution in [2.24, 2.45) is 5.92 Å². The molecule has 2 rings (SSSR count). The number of ether oxygens (including phenoxy) is 1. The molecular formula is C16H23NO2. The lowest BCUT2D eigenvalue weighted by Crippen LogP contribution is -2.16. The second-order valence-corrected chi connectivity index (χ2v) is 5.45. The molecular weight excluding hydrogens is 238 g/mol. The van der Waals surface area contributed by atoms with Gasteiger partial charge in [-0.15, -0.1) is 0 Å². The van der Waals surface area contributed by atoms with Gasteiger partial charge in [0.25, 0.3) is 0 Å². The normalized spacial score (nSPS) is 22.3. The van der Waals surface area contributed by atoms with E-state index in [9.17, 15) is 4.79 Å². The summed E-state index contributed by atoms with van der Waals surface area (Å²) in [6.45, 7) is 4.33. The Kier molecular flexibility index (Phi) is 4.46. The van der Waals surface area contributed by atoms with Crippen molar-refractivity contribution >= 4 is 11.7 Å². The molecule has 1 aromatic carbocycles. The predicted octanol–water partition coefficient (Wildman–Crippen LogP) is 3.77. The summed E-state index contributed by atoms with van der Waals surface area (Å²) in [5.74, 6) is 0.572. The molecule has 0 radical (unpaired) electrons. The van der Waals surface area contributed by atoms with Gasteiger partial charge in [0, 0.05) is 11.7 Å². The molecule has 3 nitrogen and oxygen atoms in total. The van der Waals surface area contributed by atoms with E-state index in [-0.39, 0.29) is 5.97 Å². The van der Waals surface area contributed by atoms with Crippen LogP contribution in [0.25, 0.3) is 0 Å². The van der Waals surface area contributed by atoms with Crippen molar-refractivity contribution in [1.82, 2.24) is 0 Å².